The fourth-order valence-corrected chi connectivity index (χ4v) is 6.60. The number of hydrogen-bond donors (Lipinski definition) is 2. The van der Waals surface area contributed by atoms with Crippen molar-refractivity contribution < 1.29 is 35.9 Å². The molecule has 14 heteroatoms. The topological polar surface area (TPSA) is 173 Å². The quantitative estimate of drug-likeness (QED) is 0.157. The molecule has 0 aromatic heterocycles. The molecule has 0 aliphatic carbocycles. The number of carbonyl (C=O) groups is 2. The molecule has 0 fully saturated rings. The SMILES string of the molecule is NS(=O)(=O)c1ccc(OC(=O)c2ccccc2SSc2ccccc2C(=O)Oc2ccc(S(N)(=O)=O)cc2)cc1. The van der Waals surface area contributed by atoms with E-state index in [0.29, 0.717) is 9.79 Å². The number of ether oxygens (including phenoxy) is 2. The normalized spacial score (nSPS) is 11.6. The minimum absolute atomic E-state index is 0.114. The van der Waals surface area contributed by atoms with Gasteiger partial charge >= 0.3 is 11.9 Å². The van der Waals surface area contributed by atoms with E-state index in [0.717, 1.165) is 0 Å². The number of nitrogens with two attached hydrogens (primary N) is 2. The van der Waals surface area contributed by atoms with E-state index in [9.17, 15) is 26.4 Å². The van der Waals surface area contributed by atoms with Gasteiger partial charge in [0.05, 0.1) is 20.9 Å². The molecule has 4 N–H and O–H groups in total. The van der Waals surface area contributed by atoms with Gasteiger partial charge in [0.1, 0.15) is 11.5 Å². The second-order valence-corrected chi connectivity index (χ2v) is 13.3. The lowest BCUT2D eigenvalue weighted by Crippen LogP contribution is -2.13. The molecule has 0 bridgehead atoms. The van der Waals surface area contributed by atoms with Crippen LogP contribution in [0.3, 0.4) is 0 Å². The summed E-state index contributed by atoms with van der Waals surface area (Å²) < 4.78 is 56.5. The summed E-state index contributed by atoms with van der Waals surface area (Å²) in [5, 5.41) is 10.2. The number of sulfonamides is 2. The summed E-state index contributed by atoms with van der Waals surface area (Å²) in [5.41, 5.74) is 0.510. The predicted octanol–water partition coefficient (Wildman–Crippen LogP) is 4.22. The van der Waals surface area contributed by atoms with Gasteiger partial charge in [0.25, 0.3) is 0 Å². The molecule has 10 nitrogen and oxygen atoms in total. The second-order valence-electron chi connectivity index (χ2n) is 7.97. The van der Waals surface area contributed by atoms with Crippen molar-refractivity contribution >= 4 is 53.6 Å². The van der Waals surface area contributed by atoms with Gasteiger partial charge in [-0.25, -0.2) is 36.7 Å². The Morgan fingerprint density at radius 3 is 1.18 bits per heavy atom. The Kier molecular flexibility index (Phi) is 8.98. The molecule has 0 saturated carbocycles. The summed E-state index contributed by atoms with van der Waals surface area (Å²) >= 11 is 0. The molecule has 0 saturated heterocycles. The van der Waals surface area contributed by atoms with Crippen molar-refractivity contribution in [2.24, 2.45) is 10.3 Å². The summed E-state index contributed by atoms with van der Waals surface area (Å²) in [5.74, 6) is -1.06. The first-order valence-corrected chi connectivity index (χ1v) is 16.4. The number of carbonyl (C=O) groups excluding carboxylic acids is 2. The minimum Gasteiger partial charge on any atom is -0.423 e. The highest BCUT2D eigenvalue weighted by Crippen LogP contribution is 2.41. The second kappa shape index (κ2) is 12.2. The van der Waals surface area contributed by atoms with Crippen LogP contribution in [-0.4, -0.2) is 28.8 Å². The standard InChI is InChI=1S/C26H20N2O8S4/c27-39(31,32)19-13-9-17(10-14-19)35-25(29)21-5-1-3-7-23(21)37-38-24-8-4-2-6-22(24)26(30)36-18-11-15-20(16-12-18)40(28,33)34/h1-16H,(H2,27,31,32)(H2,28,33,34). The molecule has 0 unspecified atom stereocenters. The van der Waals surface area contributed by atoms with Gasteiger partial charge in [-0.05, 0) is 72.8 Å². The maximum Gasteiger partial charge on any atom is 0.344 e. The molecule has 0 spiro atoms. The fraction of sp³-hybridized carbons (Fsp3) is 0. The third kappa shape index (κ3) is 7.50. The molecule has 40 heavy (non-hydrogen) atoms. The van der Waals surface area contributed by atoms with Crippen molar-refractivity contribution in [3.63, 3.8) is 0 Å². The summed E-state index contributed by atoms with van der Waals surface area (Å²) in [6.07, 6.45) is 0. The maximum atomic E-state index is 12.9. The van der Waals surface area contributed by atoms with Crippen molar-refractivity contribution in [2.75, 3.05) is 0 Å². The maximum absolute atomic E-state index is 12.9. The molecule has 0 amide bonds. The van der Waals surface area contributed by atoms with Crippen LogP contribution >= 0.6 is 21.6 Å². The van der Waals surface area contributed by atoms with Gasteiger partial charge in [-0.1, -0.05) is 45.9 Å². The Morgan fingerprint density at radius 1 is 0.525 bits per heavy atom. The molecule has 0 radical (unpaired) electrons. The summed E-state index contributed by atoms with van der Waals surface area (Å²) in [7, 11) is -5.32. The van der Waals surface area contributed by atoms with E-state index >= 15 is 0 Å². The lowest BCUT2D eigenvalue weighted by Gasteiger charge is -2.11. The summed E-state index contributed by atoms with van der Waals surface area (Å²) in [6, 6.07) is 23.7. The largest absolute Gasteiger partial charge is 0.423 e. The predicted molar refractivity (Wildman–Crippen MR) is 150 cm³/mol. The lowest BCUT2D eigenvalue weighted by molar-refractivity contribution is 0.0721. The Morgan fingerprint density at radius 2 is 0.850 bits per heavy atom. The van der Waals surface area contributed by atoms with Gasteiger partial charge in [-0.2, -0.15) is 0 Å². The van der Waals surface area contributed by atoms with E-state index in [4.69, 9.17) is 19.8 Å². The molecule has 0 aliphatic heterocycles. The highest BCUT2D eigenvalue weighted by Gasteiger charge is 2.18. The van der Waals surface area contributed by atoms with Crippen LogP contribution in [0.1, 0.15) is 20.7 Å². The molecule has 206 valence electrons. The highest BCUT2D eigenvalue weighted by molar-refractivity contribution is 8.76. The third-order valence-corrected chi connectivity index (χ3v) is 9.50. The van der Waals surface area contributed by atoms with E-state index in [1.807, 2.05) is 0 Å². The first-order chi connectivity index (χ1) is 18.9. The number of primary sulfonamides is 2. The molecule has 4 aromatic carbocycles. The average molecular weight is 617 g/mol. The number of hydrogen-bond acceptors (Lipinski definition) is 10. The Bertz CT molecular complexity index is 1640. The molecule has 4 aromatic rings. The van der Waals surface area contributed by atoms with E-state index in [2.05, 4.69) is 0 Å². The smallest absolute Gasteiger partial charge is 0.344 e. The average Bonchev–Trinajstić information content (AvgIpc) is 2.92. The zero-order valence-electron chi connectivity index (χ0n) is 20.3. The summed E-state index contributed by atoms with van der Waals surface area (Å²) in [6.45, 7) is 0. The Hall–Kier alpha value is -3.66. The van der Waals surface area contributed by atoms with Crippen LogP contribution in [0.4, 0.5) is 0 Å². The van der Waals surface area contributed by atoms with Gasteiger partial charge in [0.15, 0.2) is 0 Å². The van der Waals surface area contributed by atoms with Crippen molar-refractivity contribution in [1.82, 2.24) is 0 Å². The van der Waals surface area contributed by atoms with Gasteiger partial charge in [-0.15, -0.1) is 0 Å². The molecule has 4 rings (SSSR count). The number of rotatable bonds is 9. The Labute approximate surface area is 238 Å². The third-order valence-electron chi connectivity index (χ3n) is 5.16. The van der Waals surface area contributed by atoms with Crippen LogP contribution in [-0.2, 0) is 20.0 Å². The van der Waals surface area contributed by atoms with E-state index in [-0.39, 0.29) is 32.4 Å². The fourth-order valence-electron chi connectivity index (χ4n) is 3.22. The molecule has 0 atom stereocenters. The van der Waals surface area contributed by atoms with Crippen molar-refractivity contribution in [3.8, 4) is 11.5 Å². The van der Waals surface area contributed by atoms with Gasteiger partial charge in [0.2, 0.25) is 20.0 Å². The van der Waals surface area contributed by atoms with Crippen molar-refractivity contribution in [1.29, 1.82) is 0 Å². The van der Waals surface area contributed by atoms with E-state index in [1.54, 1.807) is 48.5 Å². The van der Waals surface area contributed by atoms with Crippen LogP contribution in [0.15, 0.2) is 117 Å². The van der Waals surface area contributed by atoms with Crippen LogP contribution in [0.25, 0.3) is 0 Å². The first kappa shape index (κ1) is 29.3. The lowest BCUT2D eigenvalue weighted by atomic mass is 10.2. The van der Waals surface area contributed by atoms with Gasteiger partial charge in [0, 0.05) is 9.79 Å². The first-order valence-electron chi connectivity index (χ1n) is 11.1. The number of benzene rings is 4. The van der Waals surface area contributed by atoms with Gasteiger partial charge < -0.3 is 9.47 Å². The minimum atomic E-state index is -3.88. The highest BCUT2D eigenvalue weighted by atomic mass is 33.1. The van der Waals surface area contributed by atoms with Crippen molar-refractivity contribution in [2.45, 2.75) is 19.6 Å². The van der Waals surface area contributed by atoms with E-state index in [1.165, 1.54) is 70.1 Å². The van der Waals surface area contributed by atoms with Crippen LogP contribution in [0.5, 0.6) is 11.5 Å². The molecule has 0 heterocycles. The summed E-state index contributed by atoms with van der Waals surface area (Å²) in [4.78, 5) is 26.7. The van der Waals surface area contributed by atoms with E-state index < -0.39 is 32.0 Å². The van der Waals surface area contributed by atoms with Crippen LogP contribution in [0.2, 0.25) is 0 Å². The van der Waals surface area contributed by atoms with Crippen LogP contribution < -0.4 is 19.8 Å². The Balaban J connectivity index is 1.47. The van der Waals surface area contributed by atoms with Crippen molar-refractivity contribution in [3.05, 3.63) is 108 Å². The molecule has 0 aliphatic rings. The molecular formula is C26H20N2O8S4. The van der Waals surface area contributed by atoms with Gasteiger partial charge in [-0.3, -0.25) is 0 Å². The van der Waals surface area contributed by atoms with Crippen LogP contribution in [0, 0.1) is 0 Å². The monoisotopic (exact) mass is 616 g/mol. The number of esters is 2. The zero-order valence-corrected chi connectivity index (χ0v) is 23.6. The molecular weight excluding hydrogens is 597 g/mol. The zero-order chi connectivity index (χ0) is 28.9.